The Morgan fingerprint density at radius 3 is 2.16 bits per heavy atom. The predicted octanol–water partition coefficient (Wildman–Crippen LogP) is 3.49. The third-order valence-corrected chi connectivity index (χ3v) is 6.77. The fourth-order valence-electron chi connectivity index (χ4n) is 2.82. The molecule has 0 bridgehead atoms. The molecule has 0 saturated carbocycles. The van der Waals surface area contributed by atoms with Crippen molar-refractivity contribution in [3.63, 3.8) is 0 Å². The van der Waals surface area contributed by atoms with Crippen molar-refractivity contribution in [2.24, 2.45) is 0 Å². The van der Waals surface area contributed by atoms with Crippen molar-refractivity contribution in [2.45, 2.75) is 58.4 Å². The largest absolute Gasteiger partial charge is 0.264 e. The predicted molar refractivity (Wildman–Crippen MR) is 101 cm³/mol. The molecule has 0 aliphatic carbocycles. The molecule has 0 aliphatic heterocycles. The van der Waals surface area contributed by atoms with Gasteiger partial charge in [0.25, 0.3) is 0 Å². The molecule has 0 spiro atoms. The van der Waals surface area contributed by atoms with Gasteiger partial charge < -0.3 is 0 Å². The highest BCUT2D eigenvalue weighted by Crippen LogP contribution is 2.25. The van der Waals surface area contributed by atoms with E-state index < -0.39 is 10.0 Å². The summed E-state index contributed by atoms with van der Waals surface area (Å²) >= 11 is 0. The zero-order valence-electron chi connectivity index (χ0n) is 16.3. The van der Waals surface area contributed by atoms with Crippen LogP contribution in [0.25, 0.3) is 0 Å². The van der Waals surface area contributed by atoms with E-state index in [4.69, 9.17) is 0 Å². The van der Waals surface area contributed by atoms with Crippen LogP contribution < -0.4 is 0 Å². The van der Waals surface area contributed by atoms with Gasteiger partial charge in [-0.1, -0.05) is 52.0 Å². The van der Waals surface area contributed by atoms with Crippen molar-refractivity contribution >= 4 is 10.0 Å². The van der Waals surface area contributed by atoms with Crippen molar-refractivity contribution in [1.82, 2.24) is 14.1 Å². The number of sulfonamides is 1. The Labute approximate surface area is 151 Å². The standard InChI is InChI=1S/C19H29N3O2S/c1-8-21(7)25(23,24)18-14(2)20-22(15(18)3)13-16-9-11-17(12-10-16)19(4,5)6/h9-12H,8,13H2,1-7H3. The molecule has 25 heavy (non-hydrogen) atoms. The quantitative estimate of drug-likeness (QED) is 0.817. The van der Waals surface area contributed by atoms with E-state index in [1.54, 1.807) is 18.7 Å². The van der Waals surface area contributed by atoms with E-state index in [9.17, 15) is 8.42 Å². The molecular weight excluding hydrogens is 334 g/mol. The van der Waals surface area contributed by atoms with Crippen LogP contribution in [0.2, 0.25) is 0 Å². The summed E-state index contributed by atoms with van der Waals surface area (Å²) in [4.78, 5) is 0.322. The Kier molecular flexibility index (Phi) is 5.44. The molecule has 0 saturated heterocycles. The molecule has 6 heteroatoms. The summed E-state index contributed by atoms with van der Waals surface area (Å²) in [5, 5.41) is 4.47. The van der Waals surface area contributed by atoms with Gasteiger partial charge >= 0.3 is 0 Å². The first kappa shape index (κ1) is 19.7. The molecule has 138 valence electrons. The van der Waals surface area contributed by atoms with Gasteiger partial charge in [-0.05, 0) is 30.4 Å². The Balaban J connectivity index is 2.35. The number of hydrogen-bond donors (Lipinski definition) is 0. The second-order valence-corrected chi connectivity index (χ2v) is 9.51. The van der Waals surface area contributed by atoms with Crippen LogP contribution in [0.1, 0.15) is 50.2 Å². The molecule has 0 atom stereocenters. The summed E-state index contributed by atoms with van der Waals surface area (Å²) < 4.78 is 28.5. The van der Waals surface area contributed by atoms with Crippen LogP contribution in [0, 0.1) is 13.8 Å². The fraction of sp³-hybridized carbons (Fsp3) is 0.526. The maximum Gasteiger partial charge on any atom is 0.246 e. The summed E-state index contributed by atoms with van der Waals surface area (Å²) in [5.41, 5.74) is 3.72. The molecule has 0 amide bonds. The Hall–Kier alpha value is -1.66. The molecule has 5 nitrogen and oxygen atoms in total. The monoisotopic (exact) mass is 363 g/mol. The lowest BCUT2D eigenvalue weighted by molar-refractivity contribution is 0.485. The van der Waals surface area contributed by atoms with Crippen molar-refractivity contribution in [2.75, 3.05) is 13.6 Å². The molecule has 0 N–H and O–H groups in total. The minimum atomic E-state index is -3.50. The van der Waals surface area contributed by atoms with Crippen molar-refractivity contribution < 1.29 is 8.42 Å². The zero-order valence-corrected chi connectivity index (χ0v) is 17.1. The third-order valence-electron chi connectivity index (χ3n) is 4.58. The van der Waals surface area contributed by atoms with E-state index in [0.717, 1.165) is 5.56 Å². The lowest BCUT2D eigenvalue weighted by Crippen LogP contribution is -2.27. The summed E-state index contributed by atoms with van der Waals surface area (Å²) in [6.07, 6.45) is 0. The summed E-state index contributed by atoms with van der Waals surface area (Å²) in [6.45, 7) is 12.9. The van der Waals surface area contributed by atoms with Gasteiger partial charge in [-0.2, -0.15) is 5.10 Å². The molecule has 0 radical (unpaired) electrons. The van der Waals surface area contributed by atoms with Crippen LogP contribution in [0.4, 0.5) is 0 Å². The first-order valence-electron chi connectivity index (χ1n) is 8.58. The topological polar surface area (TPSA) is 55.2 Å². The average molecular weight is 364 g/mol. The van der Waals surface area contributed by atoms with Crippen molar-refractivity contribution in [1.29, 1.82) is 0 Å². The molecule has 1 heterocycles. The second-order valence-electron chi connectivity index (χ2n) is 7.52. The highest BCUT2D eigenvalue weighted by Gasteiger charge is 2.27. The lowest BCUT2D eigenvalue weighted by atomic mass is 9.87. The van der Waals surface area contributed by atoms with Gasteiger partial charge in [0, 0.05) is 13.6 Å². The van der Waals surface area contributed by atoms with Gasteiger partial charge in [0.1, 0.15) is 4.90 Å². The SMILES string of the molecule is CCN(C)S(=O)(=O)c1c(C)nn(Cc2ccc(C(C)(C)C)cc2)c1C. The highest BCUT2D eigenvalue weighted by molar-refractivity contribution is 7.89. The van der Waals surface area contributed by atoms with Crippen molar-refractivity contribution in [3.8, 4) is 0 Å². The first-order chi connectivity index (χ1) is 11.5. The van der Waals surface area contributed by atoms with E-state index in [-0.39, 0.29) is 5.41 Å². The fourth-order valence-corrected chi connectivity index (χ4v) is 4.36. The molecule has 0 aliphatic rings. The van der Waals surface area contributed by atoms with Gasteiger partial charge in [-0.15, -0.1) is 0 Å². The van der Waals surface area contributed by atoms with Gasteiger partial charge in [0.15, 0.2) is 0 Å². The van der Waals surface area contributed by atoms with Crippen LogP contribution >= 0.6 is 0 Å². The van der Waals surface area contributed by atoms with Crippen LogP contribution in [0.15, 0.2) is 29.2 Å². The van der Waals surface area contributed by atoms with Crippen LogP contribution in [-0.2, 0) is 22.0 Å². The smallest absolute Gasteiger partial charge is 0.246 e. The average Bonchev–Trinajstić information content (AvgIpc) is 2.80. The van der Waals surface area contributed by atoms with Gasteiger partial charge in [0.2, 0.25) is 10.0 Å². The number of nitrogens with zero attached hydrogens (tertiary/aromatic N) is 3. The van der Waals surface area contributed by atoms with E-state index in [2.05, 4.69) is 50.1 Å². The van der Waals surface area contributed by atoms with Crippen LogP contribution in [0.3, 0.4) is 0 Å². The van der Waals surface area contributed by atoms with E-state index in [1.807, 2.05) is 13.8 Å². The van der Waals surface area contributed by atoms with E-state index in [0.29, 0.717) is 29.4 Å². The highest BCUT2D eigenvalue weighted by atomic mass is 32.2. The maximum atomic E-state index is 12.7. The summed E-state index contributed by atoms with van der Waals surface area (Å²) in [6, 6.07) is 8.43. The van der Waals surface area contributed by atoms with E-state index >= 15 is 0 Å². The number of rotatable bonds is 5. The molecule has 0 unspecified atom stereocenters. The second kappa shape index (κ2) is 6.92. The third kappa shape index (κ3) is 3.96. The molecule has 1 aromatic carbocycles. The van der Waals surface area contributed by atoms with Crippen LogP contribution in [-0.4, -0.2) is 36.1 Å². The van der Waals surface area contributed by atoms with Gasteiger partial charge in [-0.25, -0.2) is 12.7 Å². The number of aromatic nitrogens is 2. The van der Waals surface area contributed by atoms with Crippen molar-refractivity contribution in [3.05, 3.63) is 46.8 Å². The van der Waals surface area contributed by atoms with Crippen LogP contribution in [0.5, 0.6) is 0 Å². The lowest BCUT2D eigenvalue weighted by Gasteiger charge is -2.19. The Morgan fingerprint density at radius 1 is 1.12 bits per heavy atom. The minimum absolute atomic E-state index is 0.114. The molecule has 0 fully saturated rings. The maximum absolute atomic E-state index is 12.7. The number of hydrogen-bond acceptors (Lipinski definition) is 3. The molecule has 2 aromatic rings. The summed E-state index contributed by atoms with van der Waals surface area (Å²) in [5.74, 6) is 0. The Bertz CT molecular complexity index is 844. The summed E-state index contributed by atoms with van der Waals surface area (Å²) in [7, 11) is -1.90. The van der Waals surface area contributed by atoms with Gasteiger partial charge in [0.05, 0.1) is 17.9 Å². The number of benzene rings is 1. The minimum Gasteiger partial charge on any atom is -0.264 e. The zero-order chi connectivity index (χ0) is 19.0. The van der Waals surface area contributed by atoms with Gasteiger partial charge in [-0.3, -0.25) is 4.68 Å². The normalized spacial score (nSPS) is 12.8. The Morgan fingerprint density at radius 2 is 1.68 bits per heavy atom. The number of aryl methyl sites for hydroxylation is 1. The first-order valence-corrected chi connectivity index (χ1v) is 10.0. The molecule has 1 aromatic heterocycles. The van der Waals surface area contributed by atoms with E-state index in [1.165, 1.54) is 9.87 Å². The molecule has 2 rings (SSSR count). The molecular formula is C19H29N3O2S.